The van der Waals surface area contributed by atoms with Crippen LogP contribution in [-0.2, 0) is 10.0 Å². The van der Waals surface area contributed by atoms with Crippen LogP contribution in [-0.4, -0.2) is 32.3 Å². The van der Waals surface area contributed by atoms with Gasteiger partial charge in [-0.15, -0.1) is 10.2 Å². The van der Waals surface area contributed by atoms with Crippen LogP contribution in [0.1, 0.15) is 25.8 Å². The average Bonchev–Trinajstić information content (AvgIpc) is 2.56. The highest BCUT2D eigenvalue weighted by Crippen LogP contribution is 2.22. The number of ether oxygens (including phenoxy) is 1. The Bertz CT molecular complexity index is 805. The average molecular weight is 364 g/mol. The Hall–Kier alpha value is -2.35. The fourth-order valence-electron chi connectivity index (χ4n) is 2.18. The van der Waals surface area contributed by atoms with Crippen LogP contribution in [0.3, 0.4) is 0 Å². The van der Waals surface area contributed by atoms with Crippen molar-refractivity contribution in [2.45, 2.75) is 32.1 Å². The molecule has 0 aliphatic carbocycles. The molecule has 0 radical (unpaired) electrons. The lowest BCUT2D eigenvalue weighted by molar-refractivity contribution is 0.411. The van der Waals surface area contributed by atoms with E-state index < -0.39 is 10.0 Å². The first kappa shape index (κ1) is 19.0. The Balaban J connectivity index is 2.06. The molecule has 0 saturated heterocycles. The number of nitrogens with one attached hydrogen (secondary N) is 2. The van der Waals surface area contributed by atoms with E-state index in [0.717, 1.165) is 18.5 Å². The third-order valence-corrected chi connectivity index (χ3v) is 4.96. The number of aromatic nitrogens is 2. The number of hydrogen-bond acceptors (Lipinski definition) is 6. The van der Waals surface area contributed by atoms with Crippen LogP contribution >= 0.6 is 0 Å². The molecular weight excluding hydrogens is 340 g/mol. The Morgan fingerprint density at radius 2 is 1.80 bits per heavy atom. The van der Waals surface area contributed by atoms with Crippen LogP contribution in [0, 0.1) is 12.8 Å². The van der Waals surface area contributed by atoms with Gasteiger partial charge in [0.1, 0.15) is 11.6 Å². The molecule has 0 amide bonds. The van der Waals surface area contributed by atoms with E-state index in [-0.39, 0.29) is 10.7 Å². The van der Waals surface area contributed by atoms with Gasteiger partial charge in [-0.1, -0.05) is 13.8 Å². The highest BCUT2D eigenvalue weighted by molar-refractivity contribution is 7.92. The van der Waals surface area contributed by atoms with Crippen LogP contribution < -0.4 is 14.8 Å². The largest absolute Gasteiger partial charge is 0.496 e. The summed E-state index contributed by atoms with van der Waals surface area (Å²) >= 11 is 0. The van der Waals surface area contributed by atoms with E-state index in [4.69, 9.17) is 4.74 Å². The zero-order chi connectivity index (χ0) is 18.4. The number of nitrogens with zero attached hydrogens (tertiary/aromatic N) is 2. The van der Waals surface area contributed by atoms with Crippen LogP contribution in [0.2, 0.25) is 0 Å². The summed E-state index contributed by atoms with van der Waals surface area (Å²) in [6.45, 7) is 6.87. The van der Waals surface area contributed by atoms with E-state index in [1.165, 1.54) is 6.07 Å². The normalized spacial score (nSPS) is 11.4. The van der Waals surface area contributed by atoms with Gasteiger partial charge in [-0.05, 0) is 55.2 Å². The van der Waals surface area contributed by atoms with Crippen molar-refractivity contribution < 1.29 is 13.2 Å². The van der Waals surface area contributed by atoms with E-state index in [9.17, 15) is 8.42 Å². The summed E-state index contributed by atoms with van der Waals surface area (Å²) in [5.41, 5.74) is 0.737. The first-order chi connectivity index (χ1) is 11.8. The molecule has 0 aliphatic heterocycles. The predicted molar refractivity (Wildman–Crippen MR) is 98.5 cm³/mol. The van der Waals surface area contributed by atoms with Crippen molar-refractivity contribution in [1.82, 2.24) is 10.2 Å². The predicted octanol–water partition coefficient (Wildman–Crippen LogP) is 3.05. The first-order valence-electron chi connectivity index (χ1n) is 8.07. The second-order valence-electron chi connectivity index (χ2n) is 6.15. The Morgan fingerprint density at radius 3 is 2.36 bits per heavy atom. The standard InChI is InChI=1S/C17H24N4O3S/c1-12(2)9-10-18-16-7-8-17(20-19-16)21-25(22,23)14-5-6-15(24-4)13(3)11-14/h5-8,11-12H,9-10H2,1-4H3,(H,18,19)(H,20,21). The van der Waals surface area contributed by atoms with Gasteiger partial charge >= 0.3 is 0 Å². The molecule has 2 N–H and O–H groups in total. The van der Waals surface area contributed by atoms with Crippen molar-refractivity contribution in [2.24, 2.45) is 5.92 Å². The van der Waals surface area contributed by atoms with Gasteiger partial charge in [0.05, 0.1) is 12.0 Å². The quantitative estimate of drug-likeness (QED) is 0.748. The van der Waals surface area contributed by atoms with Gasteiger partial charge in [-0.2, -0.15) is 0 Å². The maximum absolute atomic E-state index is 12.5. The summed E-state index contributed by atoms with van der Waals surface area (Å²) in [6.07, 6.45) is 1.02. The SMILES string of the molecule is COc1ccc(S(=O)(=O)Nc2ccc(NCCC(C)C)nn2)cc1C. The van der Waals surface area contributed by atoms with E-state index >= 15 is 0 Å². The van der Waals surface area contributed by atoms with E-state index in [1.807, 2.05) is 0 Å². The molecule has 1 aromatic carbocycles. The van der Waals surface area contributed by atoms with E-state index in [2.05, 4.69) is 34.1 Å². The zero-order valence-corrected chi connectivity index (χ0v) is 15.7. The van der Waals surface area contributed by atoms with Gasteiger partial charge in [0.25, 0.3) is 10.0 Å². The van der Waals surface area contributed by atoms with Crippen molar-refractivity contribution in [3.8, 4) is 5.75 Å². The summed E-state index contributed by atoms with van der Waals surface area (Å²) in [5, 5.41) is 11.1. The number of rotatable bonds is 8. The fourth-order valence-corrected chi connectivity index (χ4v) is 3.27. The molecule has 2 aromatic rings. The Kier molecular flexibility index (Phi) is 6.19. The molecule has 8 heteroatoms. The van der Waals surface area contributed by atoms with Crippen molar-refractivity contribution in [3.63, 3.8) is 0 Å². The van der Waals surface area contributed by atoms with Crippen LogP contribution in [0.4, 0.5) is 11.6 Å². The molecule has 2 rings (SSSR count). The molecule has 136 valence electrons. The third-order valence-electron chi connectivity index (χ3n) is 3.61. The topological polar surface area (TPSA) is 93.2 Å². The molecule has 0 aliphatic rings. The summed E-state index contributed by atoms with van der Waals surface area (Å²) in [7, 11) is -2.19. The molecular formula is C17H24N4O3S. The van der Waals surface area contributed by atoms with Crippen molar-refractivity contribution in [3.05, 3.63) is 35.9 Å². The Morgan fingerprint density at radius 1 is 1.12 bits per heavy atom. The molecule has 0 fully saturated rings. The smallest absolute Gasteiger partial charge is 0.263 e. The van der Waals surface area contributed by atoms with Crippen molar-refractivity contribution in [2.75, 3.05) is 23.7 Å². The highest BCUT2D eigenvalue weighted by atomic mass is 32.2. The number of anilines is 2. The third kappa shape index (κ3) is 5.32. The van der Waals surface area contributed by atoms with Gasteiger partial charge in [0.2, 0.25) is 0 Å². The number of sulfonamides is 1. The summed E-state index contributed by atoms with van der Waals surface area (Å²) in [5.74, 6) is 2.02. The van der Waals surface area contributed by atoms with Gasteiger partial charge < -0.3 is 10.1 Å². The molecule has 0 spiro atoms. The zero-order valence-electron chi connectivity index (χ0n) is 14.9. The number of methoxy groups -OCH3 is 1. The fraction of sp³-hybridized carbons (Fsp3) is 0.412. The molecule has 1 heterocycles. The second-order valence-corrected chi connectivity index (χ2v) is 7.83. The molecule has 25 heavy (non-hydrogen) atoms. The summed E-state index contributed by atoms with van der Waals surface area (Å²) in [6, 6.07) is 7.94. The molecule has 0 saturated carbocycles. The van der Waals surface area contributed by atoms with E-state index in [0.29, 0.717) is 17.5 Å². The van der Waals surface area contributed by atoms with Gasteiger partial charge in [-0.3, -0.25) is 4.72 Å². The molecule has 0 atom stereocenters. The number of benzene rings is 1. The molecule has 1 aromatic heterocycles. The van der Waals surface area contributed by atoms with E-state index in [1.54, 1.807) is 38.3 Å². The minimum atomic E-state index is -3.73. The lowest BCUT2D eigenvalue weighted by atomic mass is 10.1. The second kappa shape index (κ2) is 8.15. The number of hydrogen-bond donors (Lipinski definition) is 2. The monoisotopic (exact) mass is 364 g/mol. The van der Waals surface area contributed by atoms with Crippen LogP contribution in [0.5, 0.6) is 5.75 Å². The van der Waals surface area contributed by atoms with Crippen molar-refractivity contribution in [1.29, 1.82) is 0 Å². The lowest BCUT2D eigenvalue weighted by Gasteiger charge is -2.10. The highest BCUT2D eigenvalue weighted by Gasteiger charge is 2.16. The Labute approximate surface area is 148 Å². The van der Waals surface area contributed by atoms with Crippen LogP contribution in [0.25, 0.3) is 0 Å². The van der Waals surface area contributed by atoms with Gasteiger partial charge in [0.15, 0.2) is 5.82 Å². The van der Waals surface area contributed by atoms with Gasteiger partial charge in [0, 0.05) is 6.54 Å². The maximum atomic E-state index is 12.5. The molecule has 7 nitrogen and oxygen atoms in total. The maximum Gasteiger partial charge on any atom is 0.263 e. The molecule has 0 unspecified atom stereocenters. The minimum Gasteiger partial charge on any atom is -0.496 e. The summed E-state index contributed by atoms with van der Waals surface area (Å²) in [4.78, 5) is 0.145. The van der Waals surface area contributed by atoms with Crippen molar-refractivity contribution >= 4 is 21.7 Å². The van der Waals surface area contributed by atoms with Gasteiger partial charge in [-0.25, -0.2) is 8.42 Å². The minimum absolute atomic E-state index is 0.145. The summed E-state index contributed by atoms with van der Waals surface area (Å²) < 4.78 is 32.5. The lowest BCUT2D eigenvalue weighted by Crippen LogP contribution is -2.15. The first-order valence-corrected chi connectivity index (χ1v) is 9.55. The van der Waals surface area contributed by atoms with Crippen LogP contribution in [0.15, 0.2) is 35.2 Å². The number of aryl methyl sites for hydroxylation is 1. The molecule has 0 bridgehead atoms.